The smallest absolute Gasteiger partial charge is 0.328 e. The molecule has 2 spiro atoms. The van der Waals surface area contributed by atoms with Crippen LogP contribution in [0.1, 0.15) is 67.0 Å². The number of alkyl halides is 3. The maximum absolute atomic E-state index is 13.0. The Hall–Kier alpha value is -2.76. The quantitative estimate of drug-likeness (QED) is 0.691. The van der Waals surface area contributed by atoms with Gasteiger partial charge in [0.2, 0.25) is 0 Å². The molecule has 192 valence electrons. The lowest BCUT2D eigenvalue weighted by atomic mass is 9.57. The van der Waals surface area contributed by atoms with Crippen molar-refractivity contribution in [2.75, 3.05) is 39.3 Å². The summed E-state index contributed by atoms with van der Waals surface area (Å²) >= 11 is 0. The second-order valence-electron chi connectivity index (χ2n) is 11.8. The molecule has 3 saturated heterocycles. The molecule has 0 radical (unpaired) electrons. The highest BCUT2D eigenvalue weighted by atomic mass is 19.4. The molecule has 12 heteroatoms. The number of nitrogens with zero attached hydrogens (tertiary/aromatic N) is 7. The molecule has 7 rings (SSSR count). The number of hydrogen-bond donors (Lipinski definition) is 1. The molecule has 2 aromatic rings. The molecule has 2 aromatic heterocycles. The van der Waals surface area contributed by atoms with Crippen LogP contribution >= 0.6 is 0 Å². The first-order chi connectivity index (χ1) is 17.2. The maximum atomic E-state index is 13.0. The zero-order valence-electron chi connectivity index (χ0n) is 20.0. The van der Waals surface area contributed by atoms with E-state index < -0.39 is 11.9 Å². The van der Waals surface area contributed by atoms with E-state index in [2.05, 4.69) is 30.3 Å². The summed E-state index contributed by atoms with van der Waals surface area (Å²) in [5.41, 5.74) is -0.0957. The van der Waals surface area contributed by atoms with Crippen molar-refractivity contribution in [2.45, 2.75) is 56.7 Å². The summed E-state index contributed by atoms with van der Waals surface area (Å²) in [6.45, 7) is 5.30. The Bertz CT molecular complexity index is 1160. The van der Waals surface area contributed by atoms with Crippen LogP contribution in [0.2, 0.25) is 0 Å². The summed E-state index contributed by atoms with van der Waals surface area (Å²) in [6.07, 6.45) is 1.08. The van der Waals surface area contributed by atoms with Gasteiger partial charge in [0.25, 0.3) is 0 Å². The molecule has 0 atom stereocenters. The molecular weight excluding hydrogens is 473 g/mol. The van der Waals surface area contributed by atoms with E-state index in [0.29, 0.717) is 24.1 Å². The van der Waals surface area contributed by atoms with Crippen LogP contribution in [0, 0.1) is 10.8 Å². The number of aromatic amines is 1. The van der Waals surface area contributed by atoms with Crippen molar-refractivity contribution < 1.29 is 18.0 Å². The molecule has 2 saturated carbocycles. The number of urea groups is 1. The Labute approximate surface area is 206 Å². The van der Waals surface area contributed by atoms with E-state index in [0.717, 1.165) is 76.2 Å². The third kappa shape index (κ3) is 3.84. The Morgan fingerprint density at radius 2 is 1.58 bits per heavy atom. The fourth-order valence-corrected chi connectivity index (χ4v) is 6.69. The minimum atomic E-state index is -4.47. The zero-order chi connectivity index (χ0) is 24.7. The first-order valence-corrected chi connectivity index (χ1v) is 12.8. The van der Waals surface area contributed by atoms with Gasteiger partial charge in [0.15, 0.2) is 5.69 Å². The second-order valence-corrected chi connectivity index (χ2v) is 11.8. The van der Waals surface area contributed by atoms with E-state index in [1.165, 1.54) is 18.9 Å². The van der Waals surface area contributed by atoms with Gasteiger partial charge in [-0.1, -0.05) is 0 Å². The SMILES string of the molecule is O=C(N1CC2(CC(c3nnc(C4CC4)[nH]3)C2)C1)N1CC2(CCN(Cc3ccc(C(F)(F)F)nn3)C2)C1. The number of halogens is 3. The van der Waals surface area contributed by atoms with E-state index in [4.69, 9.17) is 0 Å². The molecule has 9 nitrogen and oxygen atoms in total. The van der Waals surface area contributed by atoms with Crippen LogP contribution in [-0.2, 0) is 12.7 Å². The van der Waals surface area contributed by atoms with Gasteiger partial charge < -0.3 is 14.8 Å². The highest BCUT2D eigenvalue weighted by molar-refractivity contribution is 5.77. The van der Waals surface area contributed by atoms with Gasteiger partial charge in [0.05, 0.1) is 5.69 Å². The Morgan fingerprint density at radius 3 is 2.19 bits per heavy atom. The van der Waals surface area contributed by atoms with Crippen LogP contribution < -0.4 is 0 Å². The van der Waals surface area contributed by atoms with Gasteiger partial charge in [0.1, 0.15) is 11.6 Å². The average Bonchev–Trinajstić information content (AvgIpc) is 3.34. The van der Waals surface area contributed by atoms with E-state index in [9.17, 15) is 18.0 Å². The third-order valence-electron chi connectivity index (χ3n) is 8.79. The van der Waals surface area contributed by atoms with Crippen molar-refractivity contribution in [1.29, 1.82) is 0 Å². The zero-order valence-corrected chi connectivity index (χ0v) is 20.0. The molecule has 3 aliphatic heterocycles. The number of aromatic nitrogens is 5. The largest absolute Gasteiger partial charge is 0.435 e. The fourth-order valence-electron chi connectivity index (χ4n) is 6.69. The molecule has 5 heterocycles. The van der Waals surface area contributed by atoms with E-state index in [1.807, 2.05) is 9.80 Å². The Kier molecular flexibility index (Phi) is 4.75. The van der Waals surface area contributed by atoms with Crippen molar-refractivity contribution in [1.82, 2.24) is 40.1 Å². The van der Waals surface area contributed by atoms with Gasteiger partial charge in [0, 0.05) is 61.9 Å². The summed E-state index contributed by atoms with van der Waals surface area (Å²) < 4.78 is 38.1. The second kappa shape index (κ2) is 7.62. The average molecular weight is 503 g/mol. The third-order valence-corrected chi connectivity index (χ3v) is 8.79. The highest BCUT2D eigenvalue weighted by Crippen LogP contribution is 2.56. The molecular formula is C24H29F3N8O. The van der Waals surface area contributed by atoms with Crippen molar-refractivity contribution >= 4 is 6.03 Å². The molecule has 1 N–H and O–H groups in total. The van der Waals surface area contributed by atoms with E-state index in [1.54, 1.807) is 0 Å². The highest BCUT2D eigenvalue weighted by Gasteiger charge is 2.57. The molecule has 36 heavy (non-hydrogen) atoms. The van der Waals surface area contributed by atoms with Crippen LogP contribution in [0.4, 0.5) is 18.0 Å². The van der Waals surface area contributed by atoms with Crippen molar-refractivity contribution in [3.63, 3.8) is 0 Å². The molecule has 0 bridgehead atoms. The number of amides is 2. The van der Waals surface area contributed by atoms with E-state index in [-0.39, 0.29) is 16.9 Å². The van der Waals surface area contributed by atoms with Crippen molar-refractivity contribution in [3.8, 4) is 0 Å². The van der Waals surface area contributed by atoms with Crippen molar-refractivity contribution in [3.05, 3.63) is 35.2 Å². The van der Waals surface area contributed by atoms with Gasteiger partial charge >= 0.3 is 12.2 Å². The molecule has 2 aliphatic carbocycles. The van der Waals surface area contributed by atoms with Gasteiger partial charge in [-0.15, -0.1) is 15.3 Å². The number of carbonyl (C=O) groups is 1. The number of carbonyl (C=O) groups excluding carboxylic acids is 1. The Balaban J connectivity index is 0.860. The number of likely N-dealkylation sites (tertiary alicyclic amines) is 3. The summed E-state index contributed by atoms with van der Waals surface area (Å²) in [6, 6.07) is 2.52. The molecule has 5 aliphatic rings. The lowest BCUT2D eigenvalue weighted by Gasteiger charge is -2.60. The Morgan fingerprint density at radius 1 is 0.917 bits per heavy atom. The molecule has 2 amide bonds. The monoisotopic (exact) mass is 502 g/mol. The summed E-state index contributed by atoms with van der Waals surface area (Å²) in [4.78, 5) is 22.5. The predicted molar refractivity (Wildman–Crippen MR) is 121 cm³/mol. The van der Waals surface area contributed by atoms with Crippen LogP contribution in [0.3, 0.4) is 0 Å². The number of rotatable bonds is 4. The summed E-state index contributed by atoms with van der Waals surface area (Å²) in [5.74, 6) is 3.08. The number of nitrogens with one attached hydrogen (secondary N) is 1. The summed E-state index contributed by atoms with van der Waals surface area (Å²) in [5, 5.41) is 15.7. The summed E-state index contributed by atoms with van der Waals surface area (Å²) in [7, 11) is 0. The maximum Gasteiger partial charge on any atom is 0.435 e. The van der Waals surface area contributed by atoms with Gasteiger partial charge in [-0.3, -0.25) is 4.90 Å². The van der Waals surface area contributed by atoms with Crippen LogP contribution in [-0.4, -0.2) is 85.4 Å². The molecule has 5 fully saturated rings. The minimum Gasteiger partial charge on any atom is -0.328 e. The normalized spacial score (nSPS) is 25.2. The van der Waals surface area contributed by atoms with Crippen LogP contribution in [0.25, 0.3) is 0 Å². The predicted octanol–water partition coefficient (Wildman–Crippen LogP) is 3.00. The lowest BCUT2D eigenvalue weighted by Crippen LogP contribution is -2.69. The van der Waals surface area contributed by atoms with Crippen molar-refractivity contribution in [2.24, 2.45) is 10.8 Å². The van der Waals surface area contributed by atoms with Crippen LogP contribution in [0.5, 0.6) is 0 Å². The number of H-pyrrole nitrogens is 1. The van der Waals surface area contributed by atoms with Crippen LogP contribution in [0.15, 0.2) is 12.1 Å². The first-order valence-electron chi connectivity index (χ1n) is 12.8. The lowest BCUT2D eigenvalue weighted by molar-refractivity contribution is -0.141. The topological polar surface area (TPSA) is 94.1 Å². The van der Waals surface area contributed by atoms with Gasteiger partial charge in [-0.25, -0.2) is 4.79 Å². The fraction of sp³-hybridized carbons (Fsp3) is 0.708. The number of hydrogen-bond acceptors (Lipinski definition) is 6. The standard InChI is InChI=1S/C24H29F3N8O/c25-24(26,27)18-4-3-17(29-30-18)9-33-6-5-22(10-33)11-34(12-22)21(36)35-13-23(14-35)7-16(8-23)20-28-19(31-32-20)15-1-2-15/h3-4,15-16H,1-2,5-14H2,(H,28,31,32). The molecule has 0 aromatic carbocycles. The van der Waals surface area contributed by atoms with Gasteiger partial charge in [-0.05, 0) is 50.8 Å². The molecule has 0 unspecified atom stereocenters. The minimum absolute atomic E-state index is 0.0880. The first kappa shape index (κ1) is 22.4. The van der Waals surface area contributed by atoms with E-state index >= 15 is 0 Å². The van der Waals surface area contributed by atoms with Gasteiger partial charge in [-0.2, -0.15) is 18.3 Å².